The van der Waals surface area contributed by atoms with Crippen molar-refractivity contribution in [1.82, 2.24) is 9.80 Å². The highest BCUT2D eigenvalue weighted by Crippen LogP contribution is 2.43. The lowest BCUT2D eigenvalue weighted by atomic mass is 9.76. The van der Waals surface area contributed by atoms with Crippen LogP contribution < -0.4 is 0 Å². The smallest absolute Gasteiger partial charge is 0.0780 e. The molecule has 3 rings (SSSR count). The summed E-state index contributed by atoms with van der Waals surface area (Å²) in [7, 11) is 0. The van der Waals surface area contributed by atoms with Crippen molar-refractivity contribution in [2.75, 3.05) is 32.8 Å². The van der Waals surface area contributed by atoms with Crippen LogP contribution in [0.25, 0.3) is 0 Å². The lowest BCUT2D eigenvalue weighted by molar-refractivity contribution is -0.0674. The Morgan fingerprint density at radius 1 is 1.12 bits per heavy atom. The molecule has 1 spiro atoms. The van der Waals surface area contributed by atoms with Crippen molar-refractivity contribution in [2.45, 2.75) is 89.5 Å². The second-order valence-electron chi connectivity index (χ2n) is 9.49. The van der Waals surface area contributed by atoms with Crippen LogP contribution in [0, 0.1) is 17.8 Å². The molecule has 4 heteroatoms. The van der Waals surface area contributed by atoms with E-state index in [1.165, 1.54) is 32.4 Å². The quantitative estimate of drug-likeness (QED) is 0.763. The highest BCUT2D eigenvalue weighted by molar-refractivity contribution is 4.99. The number of likely N-dealkylation sites (tertiary alicyclic amines) is 2. The molecule has 0 aromatic heterocycles. The zero-order valence-corrected chi connectivity index (χ0v) is 17.0. The molecule has 3 fully saturated rings. The minimum Gasteiger partial charge on any atom is -0.389 e. The summed E-state index contributed by atoms with van der Waals surface area (Å²) in [5, 5.41) is 10.5. The molecule has 3 atom stereocenters. The van der Waals surface area contributed by atoms with Crippen LogP contribution in [0.4, 0.5) is 0 Å². The van der Waals surface area contributed by atoms with E-state index < -0.39 is 5.60 Å². The molecule has 0 radical (unpaired) electrons. The monoisotopic (exact) mass is 362 g/mol. The predicted molar refractivity (Wildman–Crippen MR) is 106 cm³/mol. The number of aliphatic hydroxyl groups is 1. The summed E-state index contributed by atoms with van der Waals surface area (Å²) in [6.45, 7) is 12.3. The van der Waals surface area contributed by atoms with E-state index in [2.05, 4.69) is 36.5 Å². The van der Waals surface area contributed by atoms with Crippen molar-refractivity contribution in [3.8, 4) is 12.3 Å². The normalized spacial score (nSPS) is 34.2. The van der Waals surface area contributed by atoms with Gasteiger partial charge in [-0.05, 0) is 71.3 Å². The summed E-state index contributed by atoms with van der Waals surface area (Å²) >= 11 is 0. The fourth-order valence-corrected chi connectivity index (χ4v) is 5.30. The molecule has 0 aromatic carbocycles. The van der Waals surface area contributed by atoms with Crippen LogP contribution in [-0.4, -0.2) is 71.5 Å². The fourth-order valence-electron chi connectivity index (χ4n) is 5.30. The minimum atomic E-state index is -0.638. The Labute approximate surface area is 160 Å². The summed E-state index contributed by atoms with van der Waals surface area (Å²) in [6.07, 6.45) is 12.7. The van der Waals surface area contributed by atoms with Gasteiger partial charge in [0.15, 0.2) is 0 Å². The zero-order chi connectivity index (χ0) is 18.8. The summed E-state index contributed by atoms with van der Waals surface area (Å²) in [4.78, 5) is 5.16. The lowest BCUT2D eigenvalue weighted by Gasteiger charge is -2.43. The van der Waals surface area contributed by atoms with E-state index in [0.717, 1.165) is 39.0 Å². The molecule has 0 aromatic rings. The molecule has 0 aliphatic carbocycles. The summed E-state index contributed by atoms with van der Waals surface area (Å²) in [5.41, 5.74) is -0.150. The standard InChI is InChI=1S/C22H38N2O2/c1-5-6-22(25)8-12-23(13-9-22)19(4)15-20-16-21(10-14-26-20)7-11-24(17-21)18(2)3/h1,18-20,25H,6-17H2,2-4H3. The van der Waals surface area contributed by atoms with Crippen LogP contribution in [0.15, 0.2) is 0 Å². The average molecular weight is 363 g/mol. The molecular weight excluding hydrogens is 324 g/mol. The second-order valence-corrected chi connectivity index (χ2v) is 9.49. The first-order valence-electron chi connectivity index (χ1n) is 10.6. The Hall–Kier alpha value is -0.600. The SMILES string of the molecule is C#CCC1(O)CCN(C(C)CC2CC3(CCO2)CCN(C(C)C)C3)CC1. The van der Waals surface area contributed by atoms with Gasteiger partial charge in [0.1, 0.15) is 0 Å². The fraction of sp³-hybridized carbons (Fsp3) is 0.909. The molecule has 0 saturated carbocycles. The number of nitrogens with zero attached hydrogens (tertiary/aromatic N) is 2. The zero-order valence-electron chi connectivity index (χ0n) is 17.0. The van der Waals surface area contributed by atoms with Gasteiger partial charge in [-0.1, -0.05) is 0 Å². The first-order valence-corrected chi connectivity index (χ1v) is 10.6. The highest BCUT2D eigenvalue weighted by atomic mass is 16.5. The van der Waals surface area contributed by atoms with Gasteiger partial charge in [-0.3, -0.25) is 0 Å². The van der Waals surface area contributed by atoms with Crippen LogP contribution in [0.2, 0.25) is 0 Å². The number of hydrogen-bond donors (Lipinski definition) is 1. The van der Waals surface area contributed by atoms with Crippen LogP contribution in [0.5, 0.6) is 0 Å². The van der Waals surface area contributed by atoms with E-state index >= 15 is 0 Å². The molecule has 0 amide bonds. The van der Waals surface area contributed by atoms with Crippen molar-refractivity contribution < 1.29 is 9.84 Å². The third-order valence-corrected chi connectivity index (χ3v) is 7.23. The second kappa shape index (κ2) is 8.19. The largest absolute Gasteiger partial charge is 0.389 e. The number of terminal acetylenes is 1. The van der Waals surface area contributed by atoms with Gasteiger partial charge in [-0.2, -0.15) is 0 Å². The van der Waals surface area contributed by atoms with Crippen molar-refractivity contribution in [3.05, 3.63) is 0 Å². The summed E-state index contributed by atoms with van der Waals surface area (Å²) < 4.78 is 6.18. The maximum atomic E-state index is 10.5. The Kier molecular flexibility index (Phi) is 6.34. The van der Waals surface area contributed by atoms with Crippen molar-refractivity contribution >= 4 is 0 Å². The molecule has 1 N–H and O–H groups in total. The Bertz CT molecular complexity index is 507. The van der Waals surface area contributed by atoms with Gasteiger partial charge in [-0.25, -0.2) is 0 Å². The molecular formula is C22H38N2O2. The first-order chi connectivity index (χ1) is 12.3. The molecule has 3 saturated heterocycles. The molecule has 148 valence electrons. The van der Waals surface area contributed by atoms with E-state index in [1.54, 1.807) is 0 Å². The topological polar surface area (TPSA) is 35.9 Å². The average Bonchev–Trinajstić information content (AvgIpc) is 2.99. The van der Waals surface area contributed by atoms with Crippen molar-refractivity contribution in [3.63, 3.8) is 0 Å². The van der Waals surface area contributed by atoms with Gasteiger partial charge >= 0.3 is 0 Å². The molecule has 4 nitrogen and oxygen atoms in total. The van der Waals surface area contributed by atoms with Gasteiger partial charge in [0.25, 0.3) is 0 Å². The van der Waals surface area contributed by atoms with E-state index in [0.29, 0.717) is 30.0 Å². The summed E-state index contributed by atoms with van der Waals surface area (Å²) in [6, 6.07) is 1.16. The number of ether oxygens (including phenoxy) is 1. The van der Waals surface area contributed by atoms with E-state index in [1.807, 2.05) is 0 Å². The number of hydrogen-bond acceptors (Lipinski definition) is 4. The highest BCUT2D eigenvalue weighted by Gasteiger charge is 2.43. The maximum absolute atomic E-state index is 10.5. The van der Waals surface area contributed by atoms with E-state index in [9.17, 15) is 5.11 Å². The van der Waals surface area contributed by atoms with Crippen LogP contribution >= 0.6 is 0 Å². The van der Waals surface area contributed by atoms with Gasteiger partial charge in [0, 0.05) is 44.7 Å². The molecule has 3 aliphatic rings. The van der Waals surface area contributed by atoms with E-state index in [4.69, 9.17) is 11.2 Å². The molecule has 3 unspecified atom stereocenters. The Morgan fingerprint density at radius 3 is 2.42 bits per heavy atom. The Balaban J connectivity index is 1.49. The Morgan fingerprint density at radius 2 is 1.81 bits per heavy atom. The lowest BCUT2D eigenvalue weighted by Crippen LogP contribution is -2.49. The number of piperidine rings is 1. The maximum Gasteiger partial charge on any atom is 0.0780 e. The van der Waals surface area contributed by atoms with Crippen molar-refractivity contribution in [2.24, 2.45) is 5.41 Å². The van der Waals surface area contributed by atoms with Crippen molar-refractivity contribution in [1.29, 1.82) is 0 Å². The minimum absolute atomic E-state index is 0.386. The van der Waals surface area contributed by atoms with Crippen LogP contribution in [-0.2, 0) is 4.74 Å². The first kappa shape index (κ1) is 20.1. The van der Waals surface area contributed by atoms with Gasteiger partial charge in [-0.15, -0.1) is 12.3 Å². The van der Waals surface area contributed by atoms with Gasteiger partial charge < -0.3 is 19.6 Å². The van der Waals surface area contributed by atoms with Gasteiger partial charge in [0.2, 0.25) is 0 Å². The third kappa shape index (κ3) is 4.62. The van der Waals surface area contributed by atoms with Gasteiger partial charge in [0.05, 0.1) is 11.7 Å². The van der Waals surface area contributed by atoms with Crippen LogP contribution in [0.3, 0.4) is 0 Å². The molecule has 26 heavy (non-hydrogen) atoms. The third-order valence-electron chi connectivity index (χ3n) is 7.23. The molecule has 3 aliphatic heterocycles. The predicted octanol–water partition coefficient (Wildman–Crippen LogP) is 2.89. The van der Waals surface area contributed by atoms with E-state index in [-0.39, 0.29) is 0 Å². The number of rotatable bonds is 5. The van der Waals surface area contributed by atoms with Crippen LogP contribution in [0.1, 0.15) is 65.7 Å². The molecule has 0 bridgehead atoms. The summed E-state index contributed by atoms with van der Waals surface area (Å²) in [5.74, 6) is 2.63. The molecule has 3 heterocycles.